The predicted octanol–water partition coefficient (Wildman–Crippen LogP) is 1.21. The first kappa shape index (κ1) is 15.5. The number of carbonyl (C=O) groups excluding carboxylic acids is 1. The minimum Gasteiger partial charge on any atom is -0.395 e. The van der Waals surface area contributed by atoms with Crippen molar-refractivity contribution >= 4 is 5.91 Å². The molecule has 0 spiro atoms. The van der Waals surface area contributed by atoms with E-state index in [9.17, 15) is 4.79 Å². The van der Waals surface area contributed by atoms with Crippen LogP contribution in [-0.2, 0) is 0 Å². The number of hydrogen-bond acceptors (Lipinski definition) is 4. The van der Waals surface area contributed by atoms with Crippen LogP contribution in [0.1, 0.15) is 54.2 Å². The Kier molecular flexibility index (Phi) is 5.10. The Morgan fingerprint density at radius 2 is 1.95 bits per heavy atom. The zero-order chi connectivity index (χ0) is 15.4. The second-order valence-electron chi connectivity index (χ2n) is 6.40. The maximum atomic E-state index is 12.5. The predicted molar refractivity (Wildman–Crippen MR) is 83.8 cm³/mol. The number of β-amino-alcohol motifs (C(OH)–C–C–N with tert-alkyl or cyclic N) is 1. The number of H-pyrrole nitrogens is 1. The van der Waals surface area contributed by atoms with Gasteiger partial charge in [0.25, 0.3) is 5.91 Å². The molecule has 0 bridgehead atoms. The van der Waals surface area contributed by atoms with Crippen molar-refractivity contribution in [1.82, 2.24) is 20.0 Å². The molecule has 1 amide bonds. The third-order valence-corrected chi connectivity index (χ3v) is 4.94. The van der Waals surface area contributed by atoms with Crippen LogP contribution in [-0.4, -0.2) is 70.3 Å². The number of carbonyl (C=O) groups is 1. The van der Waals surface area contributed by atoms with Gasteiger partial charge >= 0.3 is 0 Å². The molecule has 0 atom stereocenters. The summed E-state index contributed by atoms with van der Waals surface area (Å²) >= 11 is 0. The van der Waals surface area contributed by atoms with Gasteiger partial charge in [0, 0.05) is 44.3 Å². The van der Waals surface area contributed by atoms with Gasteiger partial charge < -0.3 is 10.0 Å². The van der Waals surface area contributed by atoms with E-state index in [2.05, 4.69) is 15.1 Å². The van der Waals surface area contributed by atoms with Gasteiger partial charge in [-0.05, 0) is 18.9 Å². The van der Waals surface area contributed by atoms with Crippen LogP contribution in [0, 0.1) is 0 Å². The molecule has 1 saturated heterocycles. The standard InChI is InChI=1S/C16H26N4O2/c21-11-10-19-6-8-20(9-7-19)16(22)15-12-14(17-18-15)13-4-2-1-3-5-13/h12-13,21H,1-11H2,(H,17,18). The summed E-state index contributed by atoms with van der Waals surface area (Å²) in [6.45, 7) is 3.95. The third-order valence-electron chi connectivity index (χ3n) is 4.94. The topological polar surface area (TPSA) is 72.5 Å². The Bertz CT molecular complexity index is 488. The second-order valence-corrected chi connectivity index (χ2v) is 6.40. The number of amides is 1. The molecule has 6 nitrogen and oxygen atoms in total. The molecule has 2 N–H and O–H groups in total. The normalized spacial score (nSPS) is 21.2. The minimum atomic E-state index is 0.0296. The molecule has 2 fully saturated rings. The van der Waals surface area contributed by atoms with E-state index in [4.69, 9.17) is 5.11 Å². The Labute approximate surface area is 131 Å². The van der Waals surface area contributed by atoms with E-state index < -0.39 is 0 Å². The SMILES string of the molecule is O=C(c1cc(C2CCCCC2)[nH]n1)N1CCN(CCO)CC1. The number of nitrogens with zero attached hydrogens (tertiary/aromatic N) is 3. The van der Waals surface area contributed by atoms with E-state index in [1.165, 1.54) is 32.1 Å². The van der Waals surface area contributed by atoms with Gasteiger partial charge in [0.1, 0.15) is 5.69 Å². The molecule has 122 valence electrons. The number of aliphatic hydroxyl groups is 1. The highest BCUT2D eigenvalue weighted by Crippen LogP contribution is 2.31. The number of rotatable bonds is 4. The maximum absolute atomic E-state index is 12.5. The molecule has 1 saturated carbocycles. The molecule has 1 aromatic rings. The van der Waals surface area contributed by atoms with Crippen molar-refractivity contribution < 1.29 is 9.90 Å². The van der Waals surface area contributed by atoms with Crippen LogP contribution in [0.3, 0.4) is 0 Å². The summed E-state index contributed by atoms with van der Waals surface area (Å²) in [4.78, 5) is 16.6. The van der Waals surface area contributed by atoms with Crippen LogP contribution in [0.15, 0.2) is 6.07 Å². The molecule has 1 aromatic heterocycles. The number of aromatic amines is 1. The summed E-state index contributed by atoms with van der Waals surface area (Å²) in [6, 6.07) is 1.96. The highest BCUT2D eigenvalue weighted by molar-refractivity contribution is 5.92. The van der Waals surface area contributed by atoms with Gasteiger partial charge in [-0.1, -0.05) is 19.3 Å². The van der Waals surface area contributed by atoms with Crippen LogP contribution in [0.25, 0.3) is 0 Å². The van der Waals surface area contributed by atoms with E-state index in [1.807, 2.05) is 11.0 Å². The van der Waals surface area contributed by atoms with Gasteiger partial charge in [-0.3, -0.25) is 14.8 Å². The molecule has 0 unspecified atom stereocenters. The average molecular weight is 306 g/mol. The Morgan fingerprint density at radius 3 is 2.64 bits per heavy atom. The number of aliphatic hydroxyl groups excluding tert-OH is 1. The van der Waals surface area contributed by atoms with Crippen molar-refractivity contribution in [2.45, 2.75) is 38.0 Å². The van der Waals surface area contributed by atoms with Gasteiger partial charge in [-0.2, -0.15) is 5.10 Å². The van der Waals surface area contributed by atoms with Crippen molar-refractivity contribution in [3.05, 3.63) is 17.5 Å². The summed E-state index contributed by atoms with van der Waals surface area (Å²) in [5.74, 6) is 0.575. The molecular formula is C16H26N4O2. The smallest absolute Gasteiger partial charge is 0.274 e. The number of aromatic nitrogens is 2. The van der Waals surface area contributed by atoms with Gasteiger partial charge in [0.2, 0.25) is 0 Å². The molecule has 2 aliphatic rings. The van der Waals surface area contributed by atoms with E-state index in [0.717, 1.165) is 18.8 Å². The molecule has 0 radical (unpaired) electrons. The van der Waals surface area contributed by atoms with Crippen LogP contribution in [0.5, 0.6) is 0 Å². The van der Waals surface area contributed by atoms with Gasteiger partial charge in [0.15, 0.2) is 0 Å². The highest BCUT2D eigenvalue weighted by Gasteiger charge is 2.25. The number of nitrogens with one attached hydrogen (secondary N) is 1. The first-order valence-corrected chi connectivity index (χ1v) is 8.45. The summed E-state index contributed by atoms with van der Waals surface area (Å²) < 4.78 is 0. The molecule has 1 aliphatic carbocycles. The fourth-order valence-corrected chi connectivity index (χ4v) is 3.55. The summed E-state index contributed by atoms with van der Waals surface area (Å²) in [6.07, 6.45) is 6.29. The maximum Gasteiger partial charge on any atom is 0.274 e. The van der Waals surface area contributed by atoms with E-state index in [1.54, 1.807) is 0 Å². The molecular weight excluding hydrogens is 280 g/mol. The van der Waals surface area contributed by atoms with Crippen LogP contribution < -0.4 is 0 Å². The third kappa shape index (κ3) is 3.50. The van der Waals surface area contributed by atoms with Crippen molar-refractivity contribution in [3.63, 3.8) is 0 Å². The lowest BCUT2D eigenvalue weighted by Gasteiger charge is -2.33. The van der Waals surface area contributed by atoms with Crippen molar-refractivity contribution in [1.29, 1.82) is 0 Å². The quantitative estimate of drug-likeness (QED) is 0.877. The fourth-order valence-electron chi connectivity index (χ4n) is 3.55. The van der Waals surface area contributed by atoms with Gasteiger partial charge in [-0.15, -0.1) is 0 Å². The van der Waals surface area contributed by atoms with Crippen molar-refractivity contribution in [3.8, 4) is 0 Å². The zero-order valence-corrected chi connectivity index (χ0v) is 13.1. The Morgan fingerprint density at radius 1 is 1.23 bits per heavy atom. The van der Waals surface area contributed by atoms with E-state index >= 15 is 0 Å². The van der Waals surface area contributed by atoms with Crippen molar-refractivity contribution in [2.75, 3.05) is 39.3 Å². The highest BCUT2D eigenvalue weighted by atomic mass is 16.3. The monoisotopic (exact) mass is 306 g/mol. The van der Waals surface area contributed by atoms with Gasteiger partial charge in [0.05, 0.1) is 6.61 Å². The van der Waals surface area contributed by atoms with Crippen LogP contribution >= 0.6 is 0 Å². The number of piperazine rings is 1. The van der Waals surface area contributed by atoms with Crippen LogP contribution in [0.4, 0.5) is 0 Å². The lowest BCUT2D eigenvalue weighted by atomic mass is 9.87. The average Bonchev–Trinajstić information content (AvgIpc) is 3.06. The molecule has 2 heterocycles. The molecule has 0 aromatic carbocycles. The fraction of sp³-hybridized carbons (Fsp3) is 0.750. The Balaban J connectivity index is 1.57. The van der Waals surface area contributed by atoms with Crippen LogP contribution in [0.2, 0.25) is 0 Å². The lowest BCUT2D eigenvalue weighted by Crippen LogP contribution is -2.49. The summed E-state index contributed by atoms with van der Waals surface area (Å²) in [5.41, 5.74) is 1.68. The number of hydrogen-bond donors (Lipinski definition) is 2. The molecule has 3 rings (SSSR count). The lowest BCUT2D eigenvalue weighted by molar-refractivity contribution is 0.0609. The Hall–Kier alpha value is -1.40. The largest absolute Gasteiger partial charge is 0.395 e. The molecule has 22 heavy (non-hydrogen) atoms. The summed E-state index contributed by atoms with van der Waals surface area (Å²) in [7, 11) is 0. The first-order valence-electron chi connectivity index (χ1n) is 8.45. The van der Waals surface area contributed by atoms with Gasteiger partial charge in [-0.25, -0.2) is 0 Å². The molecule has 1 aliphatic heterocycles. The minimum absolute atomic E-state index is 0.0296. The van der Waals surface area contributed by atoms with Crippen molar-refractivity contribution in [2.24, 2.45) is 0 Å². The van der Waals surface area contributed by atoms with E-state index in [0.29, 0.717) is 31.2 Å². The summed E-state index contributed by atoms with van der Waals surface area (Å²) in [5, 5.41) is 16.3. The zero-order valence-electron chi connectivity index (χ0n) is 13.1. The molecule has 6 heteroatoms. The second kappa shape index (κ2) is 7.24. The van der Waals surface area contributed by atoms with E-state index in [-0.39, 0.29) is 12.5 Å². The first-order chi connectivity index (χ1) is 10.8.